The van der Waals surface area contributed by atoms with Crippen molar-refractivity contribution in [3.8, 4) is 5.69 Å². The Bertz CT molecular complexity index is 1040. The van der Waals surface area contributed by atoms with E-state index in [1.165, 1.54) is 0 Å². The van der Waals surface area contributed by atoms with E-state index >= 15 is 0 Å². The van der Waals surface area contributed by atoms with E-state index in [0.29, 0.717) is 18.7 Å². The minimum atomic E-state index is -0.146. The highest BCUT2D eigenvalue weighted by atomic mass is 16.2. The maximum absolute atomic E-state index is 12.6. The quantitative estimate of drug-likeness (QED) is 0.516. The maximum Gasteiger partial charge on any atom is 0.225 e. The number of carbonyl (C=O) groups excluding carboxylic acids is 2. The fourth-order valence-electron chi connectivity index (χ4n) is 3.36. The zero-order valence-electron chi connectivity index (χ0n) is 19.3. The summed E-state index contributed by atoms with van der Waals surface area (Å²) < 4.78 is 1.76. The molecule has 0 saturated heterocycles. The molecule has 2 amide bonds. The molecule has 32 heavy (non-hydrogen) atoms. The highest BCUT2D eigenvalue weighted by molar-refractivity contribution is 5.90. The first-order chi connectivity index (χ1) is 15.2. The average Bonchev–Trinajstić information content (AvgIpc) is 3.19. The Labute approximate surface area is 190 Å². The predicted octanol–water partition coefficient (Wildman–Crippen LogP) is 5.16. The van der Waals surface area contributed by atoms with Gasteiger partial charge in [0.2, 0.25) is 11.8 Å². The Balaban J connectivity index is 1.56. The molecule has 2 aromatic carbocycles. The van der Waals surface area contributed by atoms with Crippen LogP contribution in [0.15, 0.2) is 66.7 Å². The molecule has 1 unspecified atom stereocenters. The normalized spacial score (nSPS) is 12.2. The van der Waals surface area contributed by atoms with Crippen molar-refractivity contribution in [2.24, 2.45) is 0 Å². The standard InChI is InChI=1S/C26H32N4O2/c1-19(20-12-7-5-8-13-20)27-24(31)16-11-17-25(32)28-23-18-22(26(2,3)4)29-30(23)21-14-9-6-10-15-21/h5-10,12-15,18-19H,11,16-17H2,1-4H3,(H,27,31)(H,28,32). The van der Waals surface area contributed by atoms with Gasteiger partial charge in [0.1, 0.15) is 5.82 Å². The van der Waals surface area contributed by atoms with Crippen molar-refractivity contribution < 1.29 is 9.59 Å². The number of anilines is 1. The molecule has 168 valence electrons. The fraction of sp³-hybridized carbons (Fsp3) is 0.346. The summed E-state index contributed by atoms with van der Waals surface area (Å²) in [5.74, 6) is 0.443. The highest BCUT2D eigenvalue weighted by Crippen LogP contribution is 2.26. The largest absolute Gasteiger partial charge is 0.350 e. The summed E-state index contributed by atoms with van der Waals surface area (Å²) in [7, 11) is 0. The lowest BCUT2D eigenvalue weighted by Gasteiger charge is -2.14. The Morgan fingerprint density at radius 2 is 1.53 bits per heavy atom. The molecule has 1 heterocycles. The summed E-state index contributed by atoms with van der Waals surface area (Å²) in [4.78, 5) is 24.9. The molecule has 0 radical (unpaired) electrons. The third-order valence-corrected chi connectivity index (χ3v) is 5.23. The number of benzene rings is 2. The second kappa shape index (κ2) is 10.3. The van der Waals surface area contributed by atoms with Crippen LogP contribution < -0.4 is 10.6 Å². The molecular weight excluding hydrogens is 400 g/mol. The zero-order chi connectivity index (χ0) is 23.1. The van der Waals surface area contributed by atoms with Gasteiger partial charge in [0.05, 0.1) is 17.4 Å². The summed E-state index contributed by atoms with van der Waals surface area (Å²) >= 11 is 0. The third kappa shape index (κ3) is 6.30. The van der Waals surface area contributed by atoms with E-state index in [1.54, 1.807) is 4.68 Å². The summed E-state index contributed by atoms with van der Waals surface area (Å²) in [5.41, 5.74) is 2.69. The van der Waals surface area contributed by atoms with Gasteiger partial charge in [-0.1, -0.05) is 69.3 Å². The number of nitrogens with one attached hydrogen (secondary N) is 2. The van der Waals surface area contributed by atoms with Crippen molar-refractivity contribution in [1.82, 2.24) is 15.1 Å². The number of hydrogen-bond donors (Lipinski definition) is 2. The molecule has 0 aliphatic heterocycles. The first kappa shape index (κ1) is 23.3. The Morgan fingerprint density at radius 1 is 0.938 bits per heavy atom. The number of hydrogen-bond acceptors (Lipinski definition) is 3. The van der Waals surface area contributed by atoms with Gasteiger partial charge >= 0.3 is 0 Å². The van der Waals surface area contributed by atoms with E-state index in [4.69, 9.17) is 5.10 Å². The van der Waals surface area contributed by atoms with Crippen LogP contribution in [0.2, 0.25) is 0 Å². The fourth-order valence-corrected chi connectivity index (χ4v) is 3.36. The van der Waals surface area contributed by atoms with Gasteiger partial charge in [0, 0.05) is 24.3 Å². The van der Waals surface area contributed by atoms with Gasteiger partial charge in [-0.15, -0.1) is 0 Å². The first-order valence-corrected chi connectivity index (χ1v) is 11.0. The molecule has 1 aromatic heterocycles. The zero-order valence-corrected chi connectivity index (χ0v) is 19.3. The molecule has 6 nitrogen and oxygen atoms in total. The molecule has 3 aromatic rings. The van der Waals surface area contributed by atoms with Gasteiger partial charge in [-0.3, -0.25) is 9.59 Å². The molecule has 6 heteroatoms. The van der Waals surface area contributed by atoms with E-state index in [9.17, 15) is 9.59 Å². The van der Waals surface area contributed by atoms with Crippen LogP contribution in [0.25, 0.3) is 5.69 Å². The second-order valence-corrected chi connectivity index (χ2v) is 9.01. The van der Waals surface area contributed by atoms with Crippen molar-refractivity contribution >= 4 is 17.6 Å². The molecular formula is C26H32N4O2. The summed E-state index contributed by atoms with van der Waals surface area (Å²) in [6.07, 6.45) is 1.04. The van der Waals surface area contributed by atoms with Gasteiger partial charge in [-0.05, 0) is 31.0 Å². The molecule has 2 N–H and O–H groups in total. The maximum atomic E-state index is 12.6. The monoisotopic (exact) mass is 432 g/mol. The molecule has 0 fully saturated rings. The number of nitrogens with zero attached hydrogens (tertiary/aromatic N) is 2. The van der Waals surface area contributed by atoms with Crippen molar-refractivity contribution in [2.45, 2.75) is 58.4 Å². The van der Waals surface area contributed by atoms with Crippen molar-refractivity contribution in [2.75, 3.05) is 5.32 Å². The lowest BCUT2D eigenvalue weighted by Crippen LogP contribution is -2.26. The third-order valence-electron chi connectivity index (χ3n) is 5.23. The summed E-state index contributed by atoms with van der Waals surface area (Å²) in [5, 5.41) is 10.7. The SMILES string of the molecule is CC(NC(=O)CCCC(=O)Nc1cc(C(C)(C)C)nn1-c1ccccc1)c1ccccc1. The van der Waals surface area contributed by atoms with Crippen LogP contribution in [0.4, 0.5) is 5.82 Å². The van der Waals surface area contributed by atoms with E-state index in [1.807, 2.05) is 73.7 Å². The smallest absolute Gasteiger partial charge is 0.225 e. The van der Waals surface area contributed by atoms with Crippen LogP contribution in [0, 0.1) is 0 Å². The van der Waals surface area contributed by atoms with Crippen LogP contribution in [0.5, 0.6) is 0 Å². The van der Waals surface area contributed by atoms with E-state index < -0.39 is 0 Å². The van der Waals surface area contributed by atoms with Gasteiger partial charge in [-0.25, -0.2) is 4.68 Å². The van der Waals surface area contributed by atoms with E-state index in [0.717, 1.165) is 16.9 Å². The molecule has 1 atom stereocenters. The van der Waals surface area contributed by atoms with Crippen LogP contribution in [0.3, 0.4) is 0 Å². The molecule has 3 rings (SSSR count). The lowest BCUT2D eigenvalue weighted by atomic mass is 9.92. The second-order valence-electron chi connectivity index (χ2n) is 9.01. The van der Waals surface area contributed by atoms with Crippen molar-refractivity contribution in [1.29, 1.82) is 0 Å². The van der Waals surface area contributed by atoms with Gasteiger partial charge in [-0.2, -0.15) is 5.10 Å². The Hall–Kier alpha value is -3.41. The number of amides is 2. The molecule has 0 bridgehead atoms. The summed E-state index contributed by atoms with van der Waals surface area (Å²) in [6.45, 7) is 8.22. The van der Waals surface area contributed by atoms with Crippen LogP contribution in [-0.4, -0.2) is 21.6 Å². The minimum absolute atomic E-state index is 0.0569. The van der Waals surface area contributed by atoms with Crippen LogP contribution in [0.1, 0.15) is 64.3 Å². The Morgan fingerprint density at radius 3 is 2.16 bits per heavy atom. The highest BCUT2D eigenvalue weighted by Gasteiger charge is 2.21. The minimum Gasteiger partial charge on any atom is -0.350 e. The Kier molecular flexibility index (Phi) is 7.46. The van der Waals surface area contributed by atoms with E-state index in [-0.39, 0.29) is 29.7 Å². The van der Waals surface area contributed by atoms with Crippen molar-refractivity contribution in [3.05, 3.63) is 78.0 Å². The molecule has 0 spiro atoms. The summed E-state index contributed by atoms with van der Waals surface area (Å²) in [6, 6.07) is 21.4. The van der Waals surface area contributed by atoms with Gasteiger partial charge in [0.15, 0.2) is 0 Å². The topological polar surface area (TPSA) is 76.0 Å². The van der Waals surface area contributed by atoms with E-state index in [2.05, 4.69) is 31.4 Å². The average molecular weight is 433 g/mol. The number of aromatic nitrogens is 2. The van der Waals surface area contributed by atoms with Crippen LogP contribution in [-0.2, 0) is 15.0 Å². The van der Waals surface area contributed by atoms with Crippen molar-refractivity contribution in [3.63, 3.8) is 0 Å². The molecule has 0 aliphatic rings. The first-order valence-electron chi connectivity index (χ1n) is 11.0. The number of carbonyl (C=O) groups is 2. The molecule has 0 saturated carbocycles. The number of rotatable bonds is 8. The van der Waals surface area contributed by atoms with Gasteiger partial charge in [0.25, 0.3) is 0 Å². The van der Waals surface area contributed by atoms with Gasteiger partial charge < -0.3 is 10.6 Å². The lowest BCUT2D eigenvalue weighted by molar-refractivity contribution is -0.122. The number of para-hydroxylation sites is 1. The van der Waals surface area contributed by atoms with Crippen LogP contribution >= 0.6 is 0 Å². The molecule has 0 aliphatic carbocycles. The predicted molar refractivity (Wildman–Crippen MR) is 128 cm³/mol.